The molecule has 1 aliphatic rings. The molecular weight excluding hydrogens is 238 g/mol. The predicted molar refractivity (Wildman–Crippen MR) is 66.4 cm³/mol. The van der Waals surface area contributed by atoms with Gasteiger partial charge < -0.3 is 5.32 Å². The molecule has 0 radical (unpaired) electrons. The smallest absolute Gasteiger partial charge is 0.152 e. The van der Waals surface area contributed by atoms with E-state index in [0.717, 1.165) is 5.56 Å². The van der Waals surface area contributed by atoms with E-state index in [2.05, 4.69) is 10.4 Å². The molecule has 1 aromatic heterocycles. The quantitative estimate of drug-likeness (QED) is 0.863. The minimum absolute atomic E-state index is 0.113. The molecule has 2 heterocycles. The number of hydrogen-bond acceptors (Lipinski definition) is 4. The summed E-state index contributed by atoms with van der Waals surface area (Å²) in [4.78, 5) is 0. The highest BCUT2D eigenvalue weighted by molar-refractivity contribution is 7.91. The molecule has 5 nitrogen and oxygen atoms in total. The lowest BCUT2D eigenvalue weighted by atomic mass is 9.99. The van der Waals surface area contributed by atoms with Gasteiger partial charge in [0.25, 0.3) is 0 Å². The van der Waals surface area contributed by atoms with Gasteiger partial charge in [-0.25, -0.2) is 8.42 Å². The summed E-state index contributed by atoms with van der Waals surface area (Å²) in [5.74, 6) is 0.515. The first-order chi connectivity index (χ1) is 7.80. The Bertz CT molecular complexity index is 509. The zero-order valence-corrected chi connectivity index (χ0v) is 11.3. The fourth-order valence-corrected chi connectivity index (χ4v) is 4.50. The highest BCUT2D eigenvalue weighted by Crippen LogP contribution is 2.26. The first-order valence-corrected chi connectivity index (χ1v) is 7.58. The van der Waals surface area contributed by atoms with Gasteiger partial charge in [0.15, 0.2) is 9.84 Å². The molecule has 0 spiro atoms. The van der Waals surface area contributed by atoms with Gasteiger partial charge in [0.1, 0.15) is 0 Å². The fraction of sp³-hybridized carbons (Fsp3) is 0.727. The number of sulfone groups is 1. The summed E-state index contributed by atoms with van der Waals surface area (Å²) in [6.07, 6.45) is 4.44. The van der Waals surface area contributed by atoms with Crippen LogP contribution in [-0.4, -0.2) is 35.2 Å². The maximum absolute atomic E-state index is 11.5. The monoisotopic (exact) mass is 257 g/mol. The average molecular weight is 257 g/mol. The van der Waals surface area contributed by atoms with Gasteiger partial charge in [-0.2, -0.15) is 5.10 Å². The first-order valence-electron chi connectivity index (χ1n) is 5.76. The lowest BCUT2D eigenvalue weighted by Crippen LogP contribution is -2.44. The van der Waals surface area contributed by atoms with E-state index in [4.69, 9.17) is 0 Å². The van der Waals surface area contributed by atoms with Crippen molar-refractivity contribution < 1.29 is 8.42 Å². The summed E-state index contributed by atoms with van der Waals surface area (Å²) in [5.41, 5.74) is 0.770. The molecule has 6 heteroatoms. The van der Waals surface area contributed by atoms with E-state index in [1.165, 1.54) is 0 Å². The largest absolute Gasteiger partial charge is 0.304 e. The zero-order valence-electron chi connectivity index (χ0n) is 10.5. The third kappa shape index (κ3) is 2.87. The van der Waals surface area contributed by atoms with E-state index < -0.39 is 9.84 Å². The van der Waals surface area contributed by atoms with Gasteiger partial charge >= 0.3 is 0 Å². The number of aromatic nitrogens is 2. The number of nitrogens with zero attached hydrogens (tertiary/aromatic N) is 2. The van der Waals surface area contributed by atoms with Crippen LogP contribution in [0, 0.1) is 0 Å². The van der Waals surface area contributed by atoms with E-state index in [0.29, 0.717) is 6.42 Å². The molecule has 1 aromatic rings. The maximum atomic E-state index is 11.5. The van der Waals surface area contributed by atoms with Crippen LogP contribution in [0.1, 0.15) is 31.9 Å². The Balaban J connectivity index is 2.07. The summed E-state index contributed by atoms with van der Waals surface area (Å²) < 4.78 is 24.8. The van der Waals surface area contributed by atoms with Crippen molar-refractivity contribution in [2.24, 2.45) is 7.05 Å². The topological polar surface area (TPSA) is 64.0 Å². The molecule has 1 aliphatic heterocycles. The normalized spacial score (nSPS) is 29.4. The molecule has 0 aromatic carbocycles. The number of aryl methyl sites for hydroxylation is 1. The molecule has 1 fully saturated rings. The molecule has 1 saturated heterocycles. The van der Waals surface area contributed by atoms with Crippen molar-refractivity contribution >= 4 is 9.84 Å². The molecule has 96 valence electrons. The Hall–Kier alpha value is -0.880. The lowest BCUT2D eigenvalue weighted by Gasteiger charge is -2.28. The van der Waals surface area contributed by atoms with Crippen LogP contribution in [0.25, 0.3) is 0 Å². The molecular formula is C11H19N3O2S. The Kier molecular flexibility index (Phi) is 3.03. The first kappa shape index (κ1) is 12.6. The van der Waals surface area contributed by atoms with Gasteiger partial charge in [-0.05, 0) is 20.3 Å². The van der Waals surface area contributed by atoms with E-state index in [-0.39, 0.29) is 23.1 Å². The van der Waals surface area contributed by atoms with Crippen molar-refractivity contribution in [3.8, 4) is 0 Å². The minimum Gasteiger partial charge on any atom is -0.304 e. The van der Waals surface area contributed by atoms with Crippen molar-refractivity contribution in [3.05, 3.63) is 18.0 Å². The minimum atomic E-state index is -2.86. The SMILES string of the molecule is CC(NC1(C)CCS(=O)(=O)C1)c1cnn(C)c1. The Morgan fingerprint density at radius 2 is 2.29 bits per heavy atom. The van der Waals surface area contributed by atoms with Gasteiger partial charge in [-0.3, -0.25) is 4.68 Å². The second-order valence-electron chi connectivity index (χ2n) is 5.22. The summed E-state index contributed by atoms with van der Waals surface area (Å²) in [7, 11) is -0.987. The van der Waals surface area contributed by atoms with E-state index in [9.17, 15) is 8.42 Å². The van der Waals surface area contributed by atoms with E-state index in [1.54, 1.807) is 4.68 Å². The lowest BCUT2D eigenvalue weighted by molar-refractivity contribution is 0.355. The van der Waals surface area contributed by atoms with Crippen LogP contribution in [-0.2, 0) is 16.9 Å². The fourth-order valence-electron chi connectivity index (χ4n) is 2.39. The number of rotatable bonds is 3. The molecule has 17 heavy (non-hydrogen) atoms. The van der Waals surface area contributed by atoms with E-state index >= 15 is 0 Å². The van der Waals surface area contributed by atoms with Crippen LogP contribution in [0.15, 0.2) is 12.4 Å². The standard InChI is InChI=1S/C11H19N3O2S/c1-9(10-6-12-14(3)7-10)13-11(2)4-5-17(15,16)8-11/h6-7,9,13H,4-5,8H2,1-3H3. The van der Waals surface area contributed by atoms with Crippen LogP contribution >= 0.6 is 0 Å². The zero-order chi connectivity index (χ0) is 12.7. The molecule has 0 aliphatic carbocycles. The summed E-state index contributed by atoms with van der Waals surface area (Å²) >= 11 is 0. The Morgan fingerprint density at radius 1 is 1.59 bits per heavy atom. The molecule has 2 rings (SSSR count). The van der Waals surface area contributed by atoms with Crippen LogP contribution in [0.5, 0.6) is 0 Å². The number of hydrogen-bond donors (Lipinski definition) is 1. The molecule has 1 N–H and O–H groups in total. The second kappa shape index (κ2) is 4.10. The second-order valence-corrected chi connectivity index (χ2v) is 7.40. The maximum Gasteiger partial charge on any atom is 0.152 e. The summed E-state index contributed by atoms with van der Waals surface area (Å²) in [6.45, 7) is 4.01. The summed E-state index contributed by atoms with van der Waals surface area (Å²) in [6, 6.07) is 0.113. The highest BCUT2D eigenvalue weighted by Gasteiger charge is 2.39. The van der Waals surface area contributed by atoms with Crippen molar-refractivity contribution in [1.82, 2.24) is 15.1 Å². The highest BCUT2D eigenvalue weighted by atomic mass is 32.2. The molecule has 0 bridgehead atoms. The van der Waals surface area contributed by atoms with Crippen LogP contribution < -0.4 is 5.32 Å². The van der Waals surface area contributed by atoms with E-state index in [1.807, 2.05) is 33.3 Å². The van der Waals surface area contributed by atoms with Gasteiger partial charge in [0, 0.05) is 30.4 Å². The van der Waals surface area contributed by atoms with Gasteiger partial charge in [-0.15, -0.1) is 0 Å². The van der Waals surface area contributed by atoms with Crippen LogP contribution in [0.4, 0.5) is 0 Å². The van der Waals surface area contributed by atoms with Crippen molar-refractivity contribution in [3.63, 3.8) is 0 Å². The van der Waals surface area contributed by atoms with Gasteiger partial charge in [0.2, 0.25) is 0 Å². The van der Waals surface area contributed by atoms with Crippen molar-refractivity contribution in [2.75, 3.05) is 11.5 Å². The van der Waals surface area contributed by atoms with Crippen LogP contribution in [0.2, 0.25) is 0 Å². The summed E-state index contributed by atoms with van der Waals surface area (Å²) in [5, 5.41) is 7.53. The van der Waals surface area contributed by atoms with Gasteiger partial charge in [0.05, 0.1) is 17.7 Å². The number of nitrogens with one attached hydrogen (secondary N) is 1. The van der Waals surface area contributed by atoms with Crippen molar-refractivity contribution in [2.45, 2.75) is 31.8 Å². The average Bonchev–Trinajstić information content (AvgIpc) is 2.71. The Morgan fingerprint density at radius 3 is 2.76 bits per heavy atom. The van der Waals surface area contributed by atoms with Crippen molar-refractivity contribution in [1.29, 1.82) is 0 Å². The van der Waals surface area contributed by atoms with Gasteiger partial charge in [-0.1, -0.05) is 0 Å². The Labute approximate surface area is 102 Å². The third-order valence-electron chi connectivity index (χ3n) is 3.29. The molecule has 0 amide bonds. The molecule has 2 atom stereocenters. The molecule has 2 unspecified atom stereocenters. The molecule has 0 saturated carbocycles. The third-order valence-corrected chi connectivity index (χ3v) is 5.20. The van der Waals surface area contributed by atoms with Crippen LogP contribution in [0.3, 0.4) is 0 Å². The predicted octanol–water partition coefficient (Wildman–Crippen LogP) is 0.648.